The highest BCUT2D eigenvalue weighted by molar-refractivity contribution is 4.79. The van der Waals surface area contributed by atoms with Gasteiger partial charge in [-0.25, -0.2) is 0 Å². The third kappa shape index (κ3) is 5.87. The van der Waals surface area contributed by atoms with Gasteiger partial charge >= 0.3 is 0 Å². The molecular formula is C12H26O. The van der Waals surface area contributed by atoms with Crippen molar-refractivity contribution in [2.45, 2.75) is 53.6 Å². The maximum absolute atomic E-state index is 9.74. The lowest BCUT2D eigenvalue weighted by Crippen LogP contribution is -2.24. The number of aliphatic hydroxyl groups excluding tert-OH is 1. The average Bonchev–Trinajstić information content (AvgIpc) is 1.99. The first-order chi connectivity index (χ1) is 5.63. The van der Waals surface area contributed by atoms with Crippen LogP contribution in [0.1, 0.15) is 47.5 Å². The van der Waals surface area contributed by atoms with Crippen LogP contribution in [0.3, 0.4) is 0 Å². The van der Waals surface area contributed by atoms with E-state index in [9.17, 15) is 5.11 Å². The molecule has 0 bridgehead atoms. The van der Waals surface area contributed by atoms with E-state index in [1.165, 1.54) is 0 Å². The fourth-order valence-corrected chi connectivity index (χ4v) is 1.65. The van der Waals surface area contributed by atoms with Crippen LogP contribution in [-0.2, 0) is 0 Å². The first-order valence-electron chi connectivity index (χ1n) is 4.92. The maximum Gasteiger partial charge on any atom is 0.0605 e. The van der Waals surface area contributed by atoms with Gasteiger partial charge in [-0.05, 0) is 24.7 Å². The smallest absolute Gasteiger partial charge is 0.0605 e. The lowest BCUT2D eigenvalue weighted by molar-refractivity contribution is 0.0780. The molecule has 0 aromatic carbocycles. The molecule has 2 atom stereocenters. The Labute approximate surface area is 83.9 Å². The van der Waals surface area contributed by atoms with Gasteiger partial charge in [-0.3, -0.25) is 0 Å². The Morgan fingerprint density at radius 3 is 2.23 bits per heavy atom. The summed E-state index contributed by atoms with van der Waals surface area (Å²) in [7, 11) is 0. The maximum atomic E-state index is 9.74. The molecule has 0 heterocycles. The number of rotatable bonds is 6. The van der Waals surface area contributed by atoms with Gasteiger partial charge in [0.05, 0.1) is 6.10 Å². The van der Waals surface area contributed by atoms with E-state index in [-0.39, 0.29) is 13.5 Å². The molecule has 80 valence electrons. The molecule has 0 spiro atoms. The van der Waals surface area contributed by atoms with E-state index in [1.807, 2.05) is 0 Å². The summed E-state index contributed by atoms with van der Waals surface area (Å²) in [4.78, 5) is 0. The average molecular weight is 186 g/mol. The topological polar surface area (TPSA) is 20.2 Å². The van der Waals surface area contributed by atoms with Crippen LogP contribution < -0.4 is 0 Å². The Balaban J connectivity index is 0. The van der Waals surface area contributed by atoms with Crippen LogP contribution in [0.2, 0.25) is 0 Å². The third-order valence-corrected chi connectivity index (χ3v) is 2.38. The van der Waals surface area contributed by atoms with Crippen LogP contribution in [0, 0.1) is 11.8 Å². The second-order valence-corrected chi connectivity index (χ2v) is 3.79. The highest BCUT2D eigenvalue weighted by Crippen LogP contribution is 2.22. The van der Waals surface area contributed by atoms with Gasteiger partial charge in [0, 0.05) is 0 Å². The molecule has 0 amide bonds. The molecule has 1 heteroatoms. The van der Waals surface area contributed by atoms with Crippen molar-refractivity contribution in [2.24, 2.45) is 11.8 Å². The summed E-state index contributed by atoms with van der Waals surface area (Å²) in [5.74, 6) is 1.01. The monoisotopic (exact) mass is 186 g/mol. The quantitative estimate of drug-likeness (QED) is 0.628. The molecule has 0 aromatic rings. The molecule has 13 heavy (non-hydrogen) atoms. The Morgan fingerprint density at radius 1 is 1.38 bits per heavy atom. The Bertz CT molecular complexity index is 118. The van der Waals surface area contributed by atoms with E-state index in [0.717, 1.165) is 19.3 Å². The van der Waals surface area contributed by atoms with Crippen molar-refractivity contribution >= 4 is 0 Å². The summed E-state index contributed by atoms with van der Waals surface area (Å²) >= 11 is 0. The molecule has 0 rings (SSSR count). The van der Waals surface area contributed by atoms with Gasteiger partial charge in [0.25, 0.3) is 0 Å². The summed E-state index contributed by atoms with van der Waals surface area (Å²) in [6.45, 7) is 10.2. The second-order valence-electron chi connectivity index (χ2n) is 3.79. The van der Waals surface area contributed by atoms with Crippen molar-refractivity contribution in [1.29, 1.82) is 0 Å². The molecule has 0 aliphatic rings. The number of hydrogen-bond donors (Lipinski definition) is 1. The predicted octanol–water partition coefficient (Wildman–Crippen LogP) is 3.63. The Kier molecular flexibility index (Phi) is 9.70. The molecule has 0 aliphatic heterocycles. The Hall–Kier alpha value is -0.300. The molecule has 1 nitrogen and oxygen atoms in total. The van der Waals surface area contributed by atoms with E-state index in [1.54, 1.807) is 6.08 Å². The van der Waals surface area contributed by atoms with Gasteiger partial charge < -0.3 is 5.11 Å². The van der Waals surface area contributed by atoms with Gasteiger partial charge in [-0.1, -0.05) is 40.7 Å². The van der Waals surface area contributed by atoms with Crippen molar-refractivity contribution in [3.8, 4) is 0 Å². The van der Waals surface area contributed by atoms with Crippen molar-refractivity contribution in [3.63, 3.8) is 0 Å². The van der Waals surface area contributed by atoms with E-state index >= 15 is 0 Å². The zero-order chi connectivity index (χ0) is 9.56. The van der Waals surface area contributed by atoms with Crippen LogP contribution >= 0.6 is 0 Å². The van der Waals surface area contributed by atoms with Crippen molar-refractivity contribution in [2.75, 3.05) is 0 Å². The van der Waals surface area contributed by atoms with Crippen LogP contribution in [0.4, 0.5) is 0 Å². The third-order valence-electron chi connectivity index (χ3n) is 2.38. The summed E-state index contributed by atoms with van der Waals surface area (Å²) in [6, 6.07) is 0. The fraction of sp³-hybridized carbons (Fsp3) is 0.833. The van der Waals surface area contributed by atoms with Gasteiger partial charge in [0.1, 0.15) is 0 Å². The van der Waals surface area contributed by atoms with E-state index < -0.39 is 0 Å². The highest BCUT2D eigenvalue weighted by Gasteiger charge is 2.20. The first kappa shape index (κ1) is 15.2. The normalized spacial score (nSPS) is 14.8. The van der Waals surface area contributed by atoms with E-state index in [0.29, 0.717) is 11.8 Å². The van der Waals surface area contributed by atoms with Crippen molar-refractivity contribution in [3.05, 3.63) is 12.7 Å². The largest absolute Gasteiger partial charge is 0.393 e. The standard InChI is InChI=1S/C11H22O.CH4/c1-5-7-10(9(3)4)11(12)8-6-2;/h6,9-12H,2,5,7-8H2,1,3-4H3;1H4/t10-,11+;/m1./s1. The van der Waals surface area contributed by atoms with Crippen LogP contribution in [-0.4, -0.2) is 11.2 Å². The number of hydrogen-bond acceptors (Lipinski definition) is 1. The fourth-order valence-electron chi connectivity index (χ4n) is 1.65. The van der Waals surface area contributed by atoms with E-state index in [4.69, 9.17) is 0 Å². The molecule has 0 aliphatic carbocycles. The molecule has 0 saturated carbocycles. The zero-order valence-corrected chi connectivity index (χ0v) is 8.59. The van der Waals surface area contributed by atoms with Crippen LogP contribution in [0.5, 0.6) is 0 Å². The minimum absolute atomic E-state index is 0. The molecule has 0 radical (unpaired) electrons. The molecule has 0 fully saturated rings. The minimum Gasteiger partial charge on any atom is -0.393 e. The van der Waals surface area contributed by atoms with Crippen LogP contribution in [0.25, 0.3) is 0 Å². The van der Waals surface area contributed by atoms with Crippen molar-refractivity contribution < 1.29 is 5.11 Å². The molecule has 1 N–H and O–H groups in total. The number of aliphatic hydroxyl groups is 1. The molecular weight excluding hydrogens is 160 g/mol. The summed E-state index contributed by atoms with van der Waals surface area (Å²) in [5, 5.41) is 9.74. The van der Waals surface area contributed by atoms with Gasteiger partial charge in [-0.2, -0.15) is 0 Å². The zero-order valence-electron chi connectivity index (χ0n) is 8.59. The minimum atomic E-state index is -0.192. The highest BCUT2D eigenvalue weighted by atomic mass is 16.3. The molecule has 0 unspecified atom stereocenters. The summed E-state index contributed by atoms with van der Waals surface area (Å²) in [6.07, 6.45) is 4.60. The summed E-state index contributed by atoms with van der Waals surface area (Å²) in [5.41, 5.74) is 0. The lowest BCUT2D eigenvalue weighted by atomic mass is 9.85. The van der Waals surface area contributed by atoms with E-state index in [2.05, 4.69) is 27.4 Å². The molecule has 0 saturated heterocycles. The first-order valence-corrected chi connectivity index (χ1v) is 4.92. The van der Waals surface area contributed by atoms with Gasteiger partial charge in [0.15, 0.2) is 0 Å². The Morgan fingerprint density at radius 2 is 1.92 bits per heavy atom. The molecule has 0 aromatic heterocycles. The van der Waals surface area contributed by atoms with Crippen LogP contribution in [0.15, 0.2) is 12.7 Å². The van der Waals surface area contributed by atoms with Crippen molar-refractivity contribution in [1.82, 2.24) is 0 Å². The summed E-state index contributed by atoms with van der Waals surface area (Å²) < 4.78 is 0. The predicted molar refractivity (Wildman–Crippen MR) is 60.8 cm³/mol. The lowest BCUT2D eigenvalue weighted by Gasteiger charge is -2.25. The van der Waals surface area contributed by atoms with Gasteiger partial charge in [0.2, 0.25) is 0 Å². The van der Waals surface area contributed by atoms with Gasteiger partial charge in [-0.15, -0.1) is 6.58 Å². The SMILES string of the molecule is C.C=CC[C@H](O)[C@H](CCC)C(C)C. The second kappa shape index (κ2) is 8.31.